The van der Waals surface area contributed by atoms with Crippen molar-refractivity contribution < 1.29 is 14.7 Å². The molecular weight excluding hydrogens is 368 g/mol. The third-order valence-corrected chi connectivity index (χ3v) is 5.24. The van der Waals surface area contributed by atoms with Gasteiger partial charge >= 0.3 is 11.8 Å². The van der Waals surface area contributed by atoms with Crippen molar-refractivity contribution in [1.29, 1.82) is 0 Å². The van der Waals surface area contributed by atoms with Crippen LogP contribution in [-0.4, -0.2) is 26.7 Å². The second-order valence-electron chi connectivity index (χ2n) is 7.19. The maximum atomic E-state index is 12.5. The number of aromatic hydroxyl groups is 1. The molecule has 1 unspecified atom stereocenters. The summed E-state index contributed by atoms with van der Waals surface area (Å²) < 4.78 is 1.69. The minimum absolute atomic E-state index is 0.148. The summed E-state index contributed by atoms with van der Waals surface area (Å²) in [6, 6.07) is 14.7. The highest BCUT2D eigenvalue weighted by Gasteiger charge is 2.27. The third kappa shape index (κ3) is 3.99. The number of nitrogens with one attached hydrogen (secondary N) is 2. The standard InChI is InChI=1S/C22H22N4O3/c1-26-20(11-14-5-3-2-4-6-14)19(13-23-26)25-22(29)21(28)24-18-10-8-15-7-9-16(27)12-17(15)18/h2-7,9,12-13,18,27H,8,10-11H2,1H3,(H,24,28)(H,25,29). The lowest BCUT2D eigenvalue weighted by atomic mass is 10.1. The first-order chi connectivity index (χ1) is 14.0. The van der Waals surface area contributed by atoms with Crippen LogP contribution in [0.1, 0.15) is 34.8 Å². The van der Waals surface area contributed by atoms with Gasteiger partial charge in [0.1, 0.15) is 5.75 Å². The zero-order valence-corrected chi connectivity index (χ0v) is 16.1. The van der Waals surface area contributed by atoms with Gasteiger partial charge in [0.2, 0.25) is 0 Å². The van der Waals surface area contributed by atoms with Crippen molar-refractivity contribution in [3.63, 3.8) is 0 Å². The van der Waals surface area contributed by atoms with Crippen LogP contribution in [0.5, 0.6) is 5.75 Å². The number of anilines is 1. The van der Waals surface area contributed by atoms with E-state index in [0.29, 0.717) is 18.5 Å². The van der Waals surface area contributed by atoms with Gasteiger partial charge in [-0.15, -0.1) is 0 Å². The first kappa shape index (κ1) is 18.7. The Morgan fingerprint density at radius 2 is 1.97 bits per heavy atom. The SMILES string of the molecule is Cn1ncc(NC(=O)C(=O)NC2CCc3ccc(O)cc32)c1Cc1ccccc1. The average molecular weight is 390 g/mol. The van der Waals surface area contributed by atoms with Crippen LogP contribution < -0.4 is 10.6 Å². The van der Waals surface area contributed by atoms with Crippen LogP contribution >= 0.6 is 0 Å². The number of phenols is 1. The summed E-state index contributed by atoms with van der Waals surface area (Å²) in [5.74, 6) is -1.29. The van der Waals surface area contributed by atoms with Gasteiger partial charge in [-0.05, 0) is 41.7 Å². The van der Waals surface area contributed by atoms with E-state index in [4.69, 9.17) is 0 Å². The van der Waals surface area contributed by atoms with Gasteiger partial charge in [0.05, 0.1) is 23.6 Å². The van der Waals surface area contributed by atoms with Crippen LogP contribution in [-0.2, 0) is 29.5 Å². The van der Waals surface area contributed by atoms with Gasteiger partial charge in [-0.3, -0.25) is 14.3 Å². The van der Waals surface area contributed by atoms with E-state index in [1.54, 1.807) is 30.1 Å². The van der Waals surface area contributed by atoms with Crippen molar-refractivity contribution in [2.75, 3.05) is 5.32 Å². The zero-order valence-electron chi connectivity index (χ0n) is 16.1. The quantitative estimate of drug-likeness (QED) is 0.596. The molecule has 7 heteroatoms. The number of hydrogen-bond acceptors (Lipinski definition) is 4. The summed E-state index contributed by atoms with van der Waals surface area (Å²) in [6.07, 6.45) is 3.63. The fraction of sp³-hybridized carbons (Fsp3) is 0.227. The Hall–Kier alpha value is -3.61. The van der Waals surface area contributed by atoms with E-state index >= 15 is 0 Å². The van der Waals surface area contributed by atoms with Gasteiger partial charge in [0.25, 0.3) is 0 Å². The van der Waals surface area contributed by atoms with Gasteiger partial charge in [0, 0.05) is 13.5 Å². The number of carbonyl (C=O) groups is 2. The molecule has 0 saturated carbocycles. The molecule has 0 spiro atoms. The molecule has 1 atom stereocenters. The zero-order chi connectivity index (χ0) is 20.4. The minimum Gasteiger partial charge on any atom is -0.508 e. The normalized spacial score (nSPS) is 15.0. The maximum absolute atomic E-state index is 12.5. The molecule has 1 aliphatic rings. The molecule has 1 aliphatic carbocycles. The Kier molecular flexibility index (Phi) is 5.03. The van der Waals surface area contributed by atoms with Crippen LogP contribution in [0.3, 0.4) is 0 Å². The van der Waals surface area contributed by atoms with E-state index in [1.165, 1.54) is 0 Å². The fourth-order valence-corrected chi connectivity index (χ4v) is 3.71. The molecule has 3 aromatic rings. The molecule has 0 saturated heterocycles. The van der Waals surface area contributed by atoms with E-state index in [9.17, 15) is 14.7 Å². The summed E-state index contributed by atoms with van der Waals surface area (Å²) in [4.78, 5) is 24.9. The number of aryl methyl sites for hydroxylation is 2. The van der Waals surface area contributed by atoms with Crippen LogP contribution in [0.25, 0.3) is 0 Å². The summed E-state index contributed by atoms with van der Waals surface area (Å²) in [5.41, 5.74) is 4.34. The van der Waals surface area contributed by atoms with E-state index in [-0.39, 0.29) is 11.8 Å². The molecule has 0 aliphatic heterocycles. The molecule has 2 amide bonds. The number of carbonyl (C=O) groups excluding carboxylic acids is 2. The van der Waals surface area contributed by atoms with Crippen molar-refractivity contribution in [3.05, 3.63) is 77.1 Å². The summed E-state index contributed by atoms with van der Waals surface area (Å²) in [5, 5.41) is 19.4. The first-order valence-corrected chi connectivity index (χ1v) is 9.49. The van der Waals surface area contributed by atoms with Crippen LogP contribution in [0.2, 0.25) is 0 Å². The number of hydrogen-bond donors (Lipinski definition) is 3. The van der Waals surface area contributed by atoms with E-state index in [1.807, 2.05) is 36.4 Å². The van der Waals surface area contributed by atoms with Gasteiger partial charge in [-0.25, -0.2) is 0 Å². The molecule has 2 aromatic carbocycles. The Bertz CT molecular complexity index is 1060. The monoisotopic (exact) mass is 390 g/mol. The number of nitrogens with zero attached hydrogens (tertiary/aromatic N) is 2. The second-order valence-corrected chi connectivity index (χ2v) is 7.19. The molecule has 7 nitrogen and oxygen atoms in total. The lowest BCUT2D eigenvalue weighted by Gasteiger charge is -2.14. The highest BCUT2D eigenvalue weighted by molar-refractivity contribution is 6.39. The maximum Gasteiger partial charge on any atom is 0.313 e. The number of benzene rings is 2. The van der Waals surface area contributed by atoms with Gasteiger partial charge < -0.3 is 15.7 Å². The largest absolute Gasteiger partial charge is 0.508 e. The molecule has 4 rings (SSSR count). The lowest BCUT2D eigenvalue weighted by molar-refractivity contribution is -0.136. The topological polar surface area (TPSA) is 96.2 Å². The van der Waals surface area contributed by atoms with Crippen LogP contribution in [0.4, 0.5) is 5.69 Å². The van der Waals surface area contributed by atoms with Crippen LogP contribution in [0, 0.1) is 0 Å². The van der Waals surface area contributed by atoms with Gasteiger partial charge in [-0.1, -0.05) is 36.4 Å². The molecule has 0 bridgehead atoms. The van der Waals surface area contributed by atoms with E-state index < -0.39 is 11.8 Å². The van der Waals surface area contributed by atoms with Crippen molar-refractivity contribution >= 4 is 17.5 Å². The van der Waals surface area contributed by atoms with Gasteiger partial charge in [0.15, 0.2) is 0 Å². The molecular formula is C22H22N4O3. The number of phenolic OH excluding ortho intramolecular Hbond substituents is 1. The molecule has 1 aromatic heterocycles. The minimum atomic E-state index is -0.735. The molecule has 0 fully saturated rings. The predicted molar refractivity (Wildman–Crippen MR) is 108 cm³/mol. The summed E-state index contributed by atoms with van der Waals surface area (Å²) >= 11 is 0. The average Bonchev–Trinajstić information content (AvgIpc) is 3.26. The Morgan fingerprint density at radius 1 is 1.17 bits per heavy atom. The number of aromatic nitrogens is 2. The second kappa shape index (κ2) is 7.79. The Morgan fingerprint density at radius 3 is 2.76 bits per heavy atom. The van der Waals surface area contributed by atoms with Crippen molar-refractivity contribution in [3.8, 4) is 5.75 Å². The van der Waals surface area contributed by atoms with Crippen molar-refractivity contribution in [2.24, 2.45) is 7.05 Å². The smallest absolute Gasteiger partial charge is 0.313 e. The molecule has 1 heterocycles. The summed E-state index contributed by atoms with van der Waals surface area (Å²) in [7, 11) is 1.80. The predicted octanol–water partition coefficient (Wildman–Crippen LogP) is 2.46. The van der Waals surface area contributed by atoms with Crippen molar-refractivity contribution in [1.82, 2.24) is 15.1 Å². The number of rotatable bonds is 4. The third-order valence-electron chi connectivity index (χ3n) is 5.24. The Balaban J connectivity index is 1.44. The van der Waals surface area contributed by atoms with E-state index in [0.717, 1.165) is 28.8 Å². The van der Waals surface area contributed by atoms with E-state index in [2.05, 4.69) is 15.7 Å². The van der Waals surface area contributed by atoms with Gasteiger partial charge in [-0.2, -0.15) is 5.10 Å². The Labute approximate surface area is 168 Å². The summed E-state index contributed by atoms with van der Waals surface area (Å²) in [6.45, 7) is 0. The first-order valence-electron chi connectivity index (χ1n) is 9.49. The van der Waals surface area contributed by atoms with Crippen LogP contribution in [0.15, 0.2) is 54.7 Å². The highest BCUT2D eigenvalue weighted by atomic mass is 16.3. The highest BCUT2D eigenvalue weighted by Crippen LogP contribution is 2.33. The fourth-order valence-electron chi connectivity index (χ4n) is 3.71. The van der Waals surface area contributed by atoms with Crippen molar-refractivity contribution in [2.45, 2.75) is 25.3 Å². The molecule has 3 N–H and O–H groups in total. The number of fused-ring (bicyclic) bond motifs is 1. The lowest BCUT2D eigenvalue weighted by Crippen LogP contribution is -2.37. The molecule has 29 heavy (non-hydrogen) atoms. The molecule has 148 valence electrons. The number of amides is 2. The molecule has 0 radical (unpaired) electrons.